The summed E-state index contributed by atoms with van der Waals surface area (Å²) in [6, 6.07) is 0.342. The van der Waals surface area contributed by atoms with E-state index < -0.39 is 0 Å². The largest absolute Gasteiger partial charge is 0.392 e. The fraction of sp³-hybridized carbons (Fsp3) is 1.00. The van der Waals surface area contributed by atoms with Crippen LogP contribution in [0.15, 0.2) is 0 Å². The highest BCUT2D eigenvalue weighted by Gasteiger charge is 2.21. The Morgan fingerprint density at radius 2 is 1.80 bits per heavy atom. The third-order valence-electron chi connectivity index (χ3n) is 3.26. The summed E-state index contributed by atoms with van der Waals surface area (Å²) in [6.45, 7) is 7.82. The van der Waals surface area contributed by atoms with E-state index >= 15 is 0 Å². The second kappa shape index (κ2) is 5.86. The number of nitrogens with one attached hydrogen (secondary N) is 1. The summed E-state index contributed by atoms with van der Waals surface area (Å²) in [4.78, 5) is 0. The molecule has 2 N–H and O–H groups in total. The highest BCUT2D eigenvalue weighted by molar-refractivity contribution is 4.79. The Hall–Kier alpha value is -0.0800. The second-order valence-corrected chi connectivity index (χ2v) is 6.08. The Morgan fingerprint density at radius 3 is 2.47 bits per heavy atom. The van der Waals surface area contributed by atoms with Gasteiger partial charge in [-0.05, 0) is 31.2 Å². The van der Waals surface area contributed by atoms with Crippen molar-refractivity contribution in [2.75, 3.05) is 6.54 Å². The van der Waals surface area contributed by atoms with Crippen molar-refractivity contribution in [3.05, 3.63) is 0 Å². The lowest BCUT2D eigenvalue weighted by molar-refractivity contribution is 0.118. The summed E-state index contributed by atoms with van der Waals surface area (Å²) in [7, 11) is 0. The molecule has 1 saturated carbocycles. The number of rotatable bonds is 3. The van der Waals surface area contributed by atoms with Crippen molar-refractivity contribution in [2.45, 2.75) is 71.4 Å². The van der Waals surface area contributed by atoms with Gasteiger partial charge in [-0.25, -0.2) is 0 Å². The zero-order valence-corrected chi connectivity index (χ0v) is 10.6. The molecule has 90 valence electrons. The third-order valence-corrected chi connectivity index (χ3v) is 3.26. The van der Waals surface area contributed by atoms with Crippen LogP contribution < -0.4 is 5.32 Å². The SMILES string of the molecule is CC(C)(C)CCNC1CCCCCC1O. The van der Waals surface area contributed by atoms with Crippen LogP contribution in [-0.4, -0.2) is 23.8 Å². The summed E-state index contributed by atoms with van der Waals surface area (Å²) in [6.07, 6.45) is 6.93. The molecule has 2 heteroatoms. The van der Waals surface area contributed by atoms with Crippen LogP contribution in [0.3, 0.4) is 0 Å². The van der Waals surface area contributed by atoms with E-state index in [4.69, 9.17) is 0 Å². The van der Waals surface area contributed by atoms with Gasteiger partial charge in [0.05, 0.1) is 6.10 Å². The van der Waals surface area contributed by atoms with Gasteiger partial charge >= 0.3 is 0 Å². The molecule has 0 aromatic heterocycles. The molecule has 1 fully saturated rings. The Kier molecular flexibility index (Phi) is 5.07. The van der Waals surface area contributed by atoms with Gasteiger partial charge in [0.1, 0.15) is 0 Å². The van der Waals surface area contributed by atoms with Gasteiger partial charge < -0.3 is 10.4 Å². The number of hydrogen-bond acceptors (Lipinski definition) is 2. The maximum absolute atomic E-state index is 9.92. The zero-order valence-electron chi connectivity index (χ0n) is 10.6. The highest BCUT2D eigenvalue weighted by Crippen LogP contribution is 2.20. The highest BCUT2D eigenvalue weighted by atomic mass is 16.3. The fourth-order valence-corrected chi connectivity index (χ4v) is 2.16. The van der Waals surface area contributed by atoms with Crippen LogP contribution >= 0.6 is 0 Å². The summed E-state index contributed by atoms with van der Waals surface area (Å²) in [5.74, 6) is 0. The maximum Gasteiger partial charge on any atom is 0.0693 e. The van der Waals surface area contributed by atoms with E-state index in [2.05, 4.69) is 26.1 Å². The average molecular weight is 213 g/mol. The minimum Gasteiger partial charge on any atom is -0.392 e. The molecule has 0 spiro atoms. The first kappa shape index (κ1) is 13.0. The van der Waals surface area contributed by atoms with E-state index in [0.29, 0.717) is 11.5 Å². The molecule has 2 nitrogen and oxygen atoms in total. The molecule has 1 rings (SSSR count). The fourth-order valence-electron chi connectivity index (χ4n) is 2.16. The van der Waals surface area contributed by atoms with E-state index in [1.54, 1.807) is 0 Å². The number of aliphatic hydroxyl groups excluding tert-OH is 1. The van der Waals surface area contributed by atoms with Crippen molar-refractivity contribution in [3.63, 3.8) is 0 Å². The van der Waals surface area contributed by atoms with E-state index in [0.717, 1.165) is 19.4 Å². The minimum absolute atomic E-state index is 0.118. The Morgan fingerprint density at radius 1 is 1.13 bits per heavy atom. The maximum atomic E-state index is 9.92. The molecular formula is C13H27NO. The average Bonchev–Trinajstić information content (AvgIpc) is 2.30. The minimum atomic E-state index is -0.118. The van der Waals surface area contributed by atoms with Crippen LogP contribution in [0.5, 0.6) is 0 Å². The monoisotopic (exact) mass is 213 g/mol. The van der Waals surface area contributed by atoms with Crippen molar-refractivity contribution in [2.24, 2.45) is 5.41 Å². The first-order chi connectivity index (χ1) is 6.99. The smallest absolute Gasteiger partial charge is 0.0693 e. The lowest BCUT2D eigenvalue weighted by Crippen LogP contribution is -2.40. The first-order valence-corrected chi connectivity index (χ1v) is 6.40. The van der Waals surface area contributed by atoms with Crippen LogP contribution in [0.25, 0.3) is 0 Å². The van der Waals surface area contributed by atoms with Crippen molar-refractivity contribution >= 4 is 0 Å². The third kappa shape index (κ3) is 5.53. The van der Waals surface area contributed by atoms with E-state index in [1.165, 1.54) is 25.7 Å². The van der Waals surface area contributed by atoms with Gasteiger partial charge in [0, 0.05) is 6.04 Å². The molecule has 0 aromatic carbocycles. The molecule has 0 aliphatic heterocycles. The molecule has 15 heavy (non-hydrogen) atoms. The predicted molar refractivity (Wildman–Crippen MR) is 65.0 cm³/mol. The number of hydrogen-bond donors (Lipinski definition) is 2. The van der Waals surface area contributed by atoms with Crippen LogP contribution in [0.2, 0.25) is 0 Å². The summed E-state index contributed by atoms with van der Waals surface area (Å²) in [5.41, 5.74) is 0.392. The topological polar surface area (TPSA) is 32.3 Å². The molecule has 0 heterocycles. The van der Waals surface area contributed by atoms with Gasteiger partial charge in [0.2, 0.25) is 0 Å². The predicted octanol–water partition coefficient (Wildman–Crippen LogP) is 2.71. The molecule has 0 bridgehead atoms. The lowest BCUT2D eigenvalue weighted by atomic mass is 9.92. The van der Waals surface area contributed by atoms with Crippen LogP contribution in [-0.2, 0) is 0 Å². The Bertz CT molecular complexity index is 174. The van der Waals surface area contributed by atoms with E-state index in [-0.39, 0.29) is 6.10 Å². The van der Waals surface area contributed by atoms with Gasteiger partial charge in [0.15, 0.2) is 0 Å². The van der Waals surface area contributed by atoms with Crippen molar-refractivity contribution in [1.29, 1.82) is 0 Å². The molecule has 0 radical (unpaired) electrons. The molecule has 1 aliphatic carbocycles. The Balaban J connectivity index is 2.23. The van der Waals surface area contributed by atoms with Crippen LogP contribution in [0, 0.1) is 5.41 Å². The van der Waals surface area contributed by atoms with Gasteiger partial charge in [-0.3, -0.25) is 0 Å². The first-order valence-electron chi connectivity index (χ1n) is 6.40. The van der Waals surface area contributed by atoms with Gasteiger partial charge in [-0.2, -0.15) is 0 Å². The van der Waals surface area contributed by atoms with E-state index in [9.17, 15) is 5.11 Å². The second-order valence-electron chi connectivity index (χ2n) is 6.08. The molecule has 0 saturated heterocycles. The van der Waals surface area contributed by atoms with Crippen molar-refractivity contribution in [3.8, 4) is 0 Å². The standard InChI is InChI=1S/C13H27NO/c1-13(2,3)9-10-14-11-7-5-4-6-8-12(11)15/h11-12,14-15H,4-10H2,1-3H3. The quantitative estimate of drug-likeness (QED) is 0.707. The molecule has 2 unspecified atom stereocenters. The molecule has 0 amide bonds. The van der Waals surface area contributed by atoms with Gasteiger partial charge in [-0.1, -0.05) is 40.0 Å². The molecule has 0 aromatic rings. The van der Waals surface area contributed by atoms with Crippen molar-refractivity contribution < 1.29 is 5.11 Å². The molecule has 2 atom stereocenters. The number of aliphatic hydroxyl groups is 1. The normalized spacial score (nSPS) is 28.8. The van der Waals surface area contributed by atoms with Crippen molar-refractivity contribution in [1.82, 2.24) is 5.32 Å². The summed E-state index contributed by atoms with van der Waals surface area (Å²) in [5, 5.41) is 13.4. The summed E-state index contributed by atoms with van der Waals surface area (Å²) < 4.78 is 0. The van der Waals surface area contributed by atoms with E-state index in [1.807, 2.05) is 0 Å². The van der Waals surface area contributed by atoms with Gasteiger partial charge in [-0.15, -0.1) is 0 Å². The van der Waals surface area contributed by atoms with Crippen LogP contribution in [0.4, 0.5) is 0 Å². The zero-order chi connectivity index (χ0) is 11.3. The van der Waals surface area contributed by atoms with Crippen LogP contribution in [0.1, 0.15) is 59.3 Å². The summed E-state index contributed by atoms with van der Waals surface area (Å²) >= 11 is 0. The molecular weight excluding hydrogens is 186 g/mol. The Labute approximate surface area is 94.5 Å². The lowest BCUT2D eigenvalue weighted by Gasteiger charge is -2.24. The molecule has 1 aliphatic rings. The van der Waals surface area contributed by atoms with Gasteiger partial charge in [0.25, 0.3) is 0 Å².